The van der Waals surface area contributed by atoms with E-state index in [1.807, 2.05) is 9.12 Å². The fourth-order valence-corrected chi connectivity index (χ4v) is 3.86. The zero-order valence-corrected chi connectivity index (χ0v) is 8.93. The Morgan fingerprint density at radius 3 is 2.60 bits per heavy atom. The van der Waals surface area contributed by atoms with Crippen LogP contribution in [0.3, 0.4) is 0 Å². The largest absolute Gasteiger partial charge is 0.300 e. The van der Waals surface area contributed by atoms with Crippen LogP contribution >= 0.6 is 30.3 Å². The molecule has 2 aliphatic rings. The molecule has 2 unspecified atom stereocenters. The van der Waals surface area contributed by atoms with E-state index in [1.165, 1.54) is 19.5 Å². The third-order valence-corrected chi connectivity index (χ3v) is 4.70. The van der Waals surface area contributed by atoms with Gasteiger partial charge in [0.15, 0.2) is 0 Å². The van der Waals surface area contributed by atoms with Gasteiger partial charge in [0.2, 0.25) is 0 Å². The SMILES string of the molecule is CN1CC2CC1CN2SI. The molecule has 2 atom stereocenters. The van der Waals surface area contributed by atoms with Crippen LogP contribution in [0.1, 0.15) is 6.42 Å². The van der Waals surface area contributed by atoms with Gasteiger partial charge in [0.05, 0.1) is 0 Å². The maximum Gasteiger partial charge on any atom is 0.0353 e. The van der Waals surface area contributed by atoms with E-state index >= 15 is 0 Å². The molecule has 0 aromatic rings. The first-order chi connectivity index (χ1) is 4.81. The highest BCUT2D eigenvalue weighted by Crippen LogP contribution is 2.36. The van der Waals surface area contributed by atoms with Gasteiger partial charge in [0.25, 0.3) is 0 Å². The van der Waals surface area contributed by atoms with E-state index in [-0.39, 0.29) is 0 Å². The van der Waals surface area contributed by atoms with E-state index in [2.05, 4.69) is 37.5 Å². The maximum absolute atomic E-state index is 2.51. The van der Waals surface area contributed by atoms with Crippen molar-refractivity contribution >= 4 is 30.3 Å². The molecular weight excluding hydrogens is 259 g/mol. The Bertz CT molecular complexity index is 142. The average Bonchev–Trinajstić information content (AvgIpc) is 2.44. The summed E-state index contributed by atoms with van der Waals surface area (Å²) in [6.45, 7) is 2.55. The van der Waals surface area contributed by atoms with Crippen molar-refractivity contribution < 1.29 is 0 Å². The van der Waals surface area contributed by atoms with Gasteiger partial charge in [-0.15, -0.1) is 0 Å². The van der Waals surface area contributed by atoms with Crippen LogP contribution < -0.4 is 0 Å². The second-order valence-corrected chi connectivity index (χ2v) is 4.94. The summed E-state index contributed by atoms with van der Waals surface area (Å²) in [5.74, 6) is 0. The second-order valence-electron chi connectivity index (χ2n) is 3.15. The van der Waals surface area contributed by atoms with E-state index in [4.69, 9.17) is 0 Å². The molecule has 0 radical (unpaired) electrons. The molecule has 2 saturated heterocycles. The predicted molar refractivity (Wildman–Crippen MR) is 53.1 cm³/mol. The van der Waals surface area contributed by atoms with E-state index in [0.29, 0.717) is 0 Å². The first kappa shape index (κ1) is 7.64. The summed E-state index contributed by atoms with van der Waals surface area (Å²) < 4.78 is 2.51. The highest BCUT2D eigenvalue weighted by Gasteiger charge is 2.41. The maximum atomic E-state index is 2.51. The summed E-state index contributed by atoms with van der Waals surface area (Å²) in [6.07, 6.45) is 1.40. The minimum absolute atomic E-state index is 0.844. The number of halogens is 1. The van der Waals surface area contributed by atoms with Gasteiger partial charge in [-0.25, -0.2) is 4.31 Å². The summed E-state index contributed by atoms with van der Waals surface area (Å²) in [5.41, 5.74) is 0. The molecule has 4 heteroatoms. The normalized spacial score (nSPS) is 41.4. The van der Waals surface area contributed by atoms with Gasteiger partial charge >= 0.3 is 0 Å². The predicted octanol–water partition coefficient (Wildman–Crippen LogP) is 1.37. The fraction of sp³-hybridized carbons (Fsp3) is 1.00. The van der Waals surface area contributed by atoms with Crippen LogP contribution in [0.2, 0.25) is 0 Å². The molecule has 2 bridgehead atoms. The molecule has 0 N–H and O–H groups in total. The Balaban J connectivity index is 2.02. The van der Waals surface area contributed by atoms with Crippen LogP contribution in [0, 0.1) is 0 Å². The van der Waals surface area contributed by atoms with E-state index in [0.717, 1.165) is 12.1 Å². The van der Waals surface area contributed by atoms with Crippen molar-refractivity contribution in [3.63, 3.8) is 0 Å². The Morgan fingerprint density at radius 2 is 2.20 bits per heavy atom. The lowest BCUT2D eigenvalue weighted by molar-refractivity contribution is 0.228. The number of nitrogens with zero attached hydrogens (tertiary/aromatic N) is 2. The smallest absolute Gasteiger partial charge is 0.0353 e. The highest BCUT2D eigenvalue weighted by atomic mass is 127. The third-order valence-electron chi connectivity index (χ3n) is 2.55. The van der Waals surface area contributed by atoms with Gasteiger partial charge in [-0.05, 0) is 22.6 Å². The molecule has 0 saturated carbocycles. The molecule has 0 aromatic carbocycles. The summed E-state index contributed by atoms with van der Waals surface area (Å²) >= 11 is 2.38. The average molecular weight is 270 g/mol. The van der Waals surface area contributed by atoms with Gasteiger partial charge in [0, 0.05) is 46.4 Å². The number of piperazine rings is 1. The van der Waals surface area contributed by atoms with Gasteiger partial charge in [0.1, 0.15) is 0 Å². The number of hydrogen-bond donors (Lipinski definition) is 0. The fourth-order valence-electron chi connectivity index (χ4n) is 1.91. The summed E-state index contributed by atoms with van der Waals surface area (Å²) in [4.78, 5) is 2.48. The number of likely N-dealkylation sites (N-methyl/N-ethyl adjacent to an activating group) is 1. The zero-order valence-electron chi connectivity index (χ0n) is 5.96. The minimum atomic E-state index is 0.844. The Hall–Kier alpha value is 1.00. The standard InChI is InChI=1S/C6H11IN2S/c1-8-3-6-2-5(8)4-9(6)10-7/h5-6H,2-4H2,1H3. The van der Waals surface area contributed by atoms with Gasteiger partial charge < -0.3 is 4.90 Å². The Kier molecular flexibility index (Phi) is 2.14. The highest BCUT2D eigenvalue weighted by molar-refractivity contribution is 14.2. The van der Waals surface area contributed by atoms with Crippen molar-refractivity contribution in [3.05, 3.63) is 0 Å². The van der Waals surface area contributed by atoms with Crippen molar-refractivity contribution in [3.8, 4) is 0 Å². The van der Waals surface area contributed by atoms with Crippen LogP contribution in [0.5, 0.6) is 0 Å². The minimum Gasteiger partial charge on any atom is -0.300 e. The molecule has 0 amide bonds. The number of rotatable bonds is 1. The zero-order chi connectivity index (χ0) is 7.14. The van der Waals surface area contributed by atoms with Crippen LogP contribution in [0.4, 0.5) is 0 Å². The topological polar surface area (TPSA) is 6.48 Å². The van der Waals surface area contributed by atoms with Crippen molar-refractivity contribution in [1.29, 1.82) is 0 Å². The summed E-state index contributed by atoms with van der Waals surface area (Å²) in [5, 5.41) is 0. The molecule has 2 fully saturated rings. The summed E-state index contributed by atoms with van der Waals surface area (Å²) in [6, 6.07) is 1.70. The number of hydrogen-bond acceptors (Lipinski definition) is 3. The van der Waals surface area contributed by atoms with E-state index < -0.39 is 0 Å². The van der Waals surface area contributed by atoms with Crippen molar-refractivity contribution in [2.75, 3.05) is 20.1 Å². The molecule has 2 heterocycles. The first-order valence-corrected chi connectivity index (χ1v) is 6.88. The Labute approximate surface area is 78.0 Å². The van der Waals surface area contributed by atoms with E-state index in [9.17, 15) is 0 Å². The molecule has 2 nitrogen and oxygen atoms in total. The number of likely N-dealkylation sites (tertiary alicyclic amines) is 1. The van der Waals surface area contributed by atoms with Crippen LogP contribution in [-0.4, -0.2) is 41.4 Å². The quantitative estimate of drug-likeness (QED) is 0.525. The van der Waals surface area contributed by atoms with Crippen LogP contribution in [0.25, 0.3) is 0 Å². The molecule has 0 spiro atoms. The van der Waals surface area contributed by atoms with Crippen molar-refractivity contribution in [2.24, 2.45) is 0 Å². The van der Waals surface area contributed by atoms with E-state index in [1.54, 1.807) is 0 Å². The first-order valence-electron chi connectivity index (χ1n) is 3.57. The van der Waals surface area contributed by atoms with Crippen molar-refractivity contribution in [2.45, 2.75) is 18.5 Å². The molecule has 2 rings (SSSR count). The lowest BCUT2D eigenvalue weighted by atomic mass is 10.2. The third kappa shape index (κ3) is 1.09. The Morgan fingerprint density at radius 1 is 1.40 bits per heavy atom. The lowest BCUT2D eigenvalue weighted by Crippen LogP contribution is -2.40. The molecule has 0 aliphatic carbocycles. The number of fused-ring (bicyclic) bond motifs is 2. The van der Waals surface area contributed by atoms with Gasteiger partial charge in [-0.3, -0.25) is 0 Å². The molecule has 58 valence electrons. The van der Waals surface area contributed by atoms with Gasteiger partial charge in [-0.2, -0.15) is 0 Å². The summed E-state index contributed by atoms with van der Waals surface area (Å²) in [7, 11) is 4.11. The molecular formula is C6H11IN2S. The molecule has 0 aromatic heterocycles. The molecule has 2 aliphatic heterocycles. The second kappa shape index (κ2) is 2.80. The van der Waals surface area contributed by atoms with Crippen molar-refractivity contribution in [1.82, 2.24) is 9.21 Å². The van der Waals surface area contributed by atoms with Crippen LogP contribution in [-0.2, 0) is 0 Å². The van der Waals surface area contributed by atoms with Gasteiger partial charge in [-0.1, -0.05) is 0 Å². The lowest BCUT2D eigenvalue weighted by Gasteiger charge is -2.28. The molecule has 10 heavy (non-hydrogen) atoms. The monoisotopic (exact) mass is 270 g/mol. The van der Waals surface area contributed by atoms with Crippen LogP contribution in [0.15, 0.2) is 0 Å².